The normalized spacial score (nSPS) is 15.7. The van der Waals surface area contributed by atoms with Gasteiger partial charge in [0.05, 0.1) is 14.2 Å². The molecule has 1 saturated heterocycles. The van der Waals surface area contributed by atoms with E-state index in [0.717, 1.165) is 36.4 Å². The minimum Gasteiger partial charge on any atom is -0.497 e. The summed E-state index contributed by atoms with van der Waals surface area (Å²) in [5, 5.41) is 5.45. The van der Waals surface area contributed by atoms with E-state index in [1.54, 1.807) is 20.3 Å². The second-order valence-corrected chi connectivity index (χ2v) is 7.87. The molecule has 1 unspecified atom stereocenters. The number of methoxy groups -OCH3 is 2. The lowest BCUT2D eigenvalue weighted by molar-refractivity contribution is -0.132. The number of rotatable bonds is 8. The number of amides is 3. The van der Waals surface area contributed by atoms with Crippen molar-refractivity contribution in [2.24, 2.45) is 5.92 Å². The molecular weight excluding hydrogens is 413 g/mol. The van der Waals surface area contributed by atoms with E-state index in [0.29, 0.717) is 31.6 Å². The smallest absolute Gasteiger partial charge is 0.319 e. The average Bonchev–Trinajstić information content (AvgIpc) is 2.81. The molecule has 1 aliphatic heterocycles. The second-order valence-electron chi connectivity index (χ2n) is 7.87. The molecule has 8 heteroatoms. The molecule has 0 radical (unpaired) electrons. The van der Waals surface area contributed by atoms with E-state index >= 15 is 0 Å². The van der Waals surface area contributed by atoms with Gasteiger partial charge in [0.2, 0.25) is 5.91 Å². The molecule has 0 aromatic heterocycles. The highest BCUT2D eigenvalue weighted by Gasteiger charge is 2.24. The Hall–Kier alpha value is -3.29. The summed E-state index contributed by atoms with van der Waals surface area (Å²) in [7, 11) is 3.22. The monoisotopic (exact) mass is 443 g/mol. The molecule has 0 aliphatic carbocycles. The predicted octanol–water partition coefficient (Wildman–Crippen LogP) is 3.84. The molecule has 7 nitrogen and oxygen atoms in total. The van der Waals surface area contributed by atoms with Crippen molar-refractivity contribution < 1.29 is 23.5 Å². The van der Waals surface area contributed by atoms with Crippen LogP contribution in [-0.2, 0) is 11.2 Å². The van der Waals surface area contributed by atoms with Gasteiger partial charge in [0.15, 0.2) is 0 Å². The van der Waals surface area contributed by atoms with Crippen molar-refractivity contribution in [1.82, 2.24) is 10.2 Å². The largest absolute Gasteiger partial charge is 0.497 e. The number of likely N-dealkylation sites (tertiary alicyclic amines) is 1. The number of urea groups is 1. The molecule has 2 N–H and O–H groups in total. The molecule has 0 saturated carbocycles. The van der Waals surface area contributed by atoms with Crippen LogP contribution in [0.25, 0.3) is 0 Å². The van der Waals surface area contributed by atoms with Gasteiger partial charge in [0.1, 0.15) is 17.3 Å². The minimum absolute atomic E-state index is 0.0868. The van der Waals surface area contributed by atoms with Gasteiger partial charge in [-0.3, -0.25) is 4.79 Å². The zero-order valence-corrected chi connectivity index (χ0v) is 18.5. The van der Waals surface area contributed by atoms with Crippen molar-refractivity contribution in [1.29, 1.82) is 0 Å². The highest BCUT2D eigenvalue weighted by Crippen LogP contribution is 2.26. The first-order valence-electron chi connectivity index (χ1n) is 10.8. The molecule has 1 aliphatic rings. The molecule has 32 heavy (non-hydrogen) atoms. The number of ether oxygens (including phenoxy) is 2. The Balaban J connectivity index is 1.47. The Bertz CT molecular complexity index is 937. The first-order chi connectivity index (χ1) is 15.5. The third-order valence-electron chi connectivity index (χ3n) is 5.60. The van der Waals surface area contributed by atoms with Crippen LogP contribution in [0.4, 0.5) is 14.9 Å². The molecule has 1 atom stereocenters. The molecule has 3 rings (SSSR count). The Labute approximate surface area is 187 Å². The van der Waals surface area contributed by atoms with E-state index in [2.05, 4.69) is 10.6 Å². The van der Waals surface area contributed by atoms with Crippen molar-refractivity contribution in [2.75, 3.05) is 39.2 Å². The van der Waals surface area contributed by atoms with E-state index in [1.165, 1.54) is 18.2 Å². The van der Waals surface area contributed by atoms with E-state index in [1.807, 2.05) is 23.1 Å². The number of aryl methyl sites for hydroxylation is 1. The van der Waals surface area contributed by atoms with Gasteiger partial charge in [-0.15, -0.1) is 0 Å². The maximum Gasteiger partial charge on any atom is 0.319 e. The van der Waals surface area contributed by atoms with Gasteiger partial charge in [0, 0.05) is 31.7 Å². The molecule has 1 heterocycles. The van der Waals surface area contributed by atoms with Crippen LogP contribution in [0.15, 0.2) is 42.5 Å². The van der Waals surface area contributed by atoms with Crippen molar-refractivity contribution in [3.05, 3.63) is 53.8 Å². The fourth-order valence-electron chi connectivity index (χ4n) is 3.91. The molecule has 2 aromatic rings. The summed E-state index contributed by atoms with van der Waals surface area (Å²) < 4.78 is 23.9. The summed E-state index contributed by atoms with van der Waals surface area (Å²) in [4.78, 5) is 26.8. The van der Waals surface area contributed by atoms with Crippen molar-refractivity contribution in [3.63, 3.8) is 0 Å². The van der Waals surface area contributed by atoms with Gasteiger partial charge in [-0.05, 0) is 67.1 Å². The highest BCUT2D eigenvalue weighted by atomic mass is 19.1. The third-order valence-corrected chi connectivity index (χ3v) is 5.60. The fraction of sp³-hybridized carbons (Fsp3) is 0.417. The molecule has 0 spiro atoms. The van der Waals surface area contributed by atoms with Crippen molar-refractivity contribution >= 4 is 17.6 Å². The highest BCUT2D eigenvalue weighted by molar-refractivity contribution is 5.89. The fourth-order valence-corrected chi connectivity index (χ4v) is 3.91. The van der Waals surface area contributed by atoms with Gasteiger partial charge in [-0.2, -0.15) is 0 Å². The van der Waals surface area contributed by atoms with Crippen LogP contribution in [0.3, 0.4) is 0 Å². The molecule has 0 bridgehead atoms. The van der Waals surface area contributed by atoms with Crippen LogP contribution in [0.1, 0.15) is 24.8 Å². The van der Waals surface area contributed by atoms with Gasteiger partial charge >= 0.3 is 6.03 Å². The number of hydrogen-bond acceptors (Lipinski definition) is 4. The van der Waals surface area contributed by atoms with Crippen LogP contribution in [0.2, 0.25) is 0 Å². The lowest BCUT2D eigenvalue weighted by Gasteiger charge is -2.33. The summed E-state index contributed by atoms with van der Waals surface area (Å²) in [5.41, 5.74) is 1.33. The number of nitrogens with one attached hydrogen (secondary N) is 2. The van der Waals surface area contributed by atoms with Crippen LogP contribution in [0, 0.1) is 11.7 Å². The van der Waals surface area contributed by atoms with Crippen LogP contribution in [0.5, 0.6) is 11.5 Å². The zero-order chi connectivity index (χ0) is 22.9. The van der Waals surface area contributed by atoms with Gasteiger partial charge in [-0.1, -0.05) is 6.07 Å². The van der Waals surface area contributed by atoms with Gasteiger partial charge in [0.25, 0.3) is 0 Å². The van der Waals surface area contributed by atoms with Gasteiger partial charge < -0.3 is 25.0 Å². The minimum atomic E-state index is -0.407. The SMILES string of the molecule is COc1ccc(OC)c(CCC(=O)N2CCCC(CNC(=O)Nc3cccc(F)c3)C2)c1. The van der Waals surface area contributed by atoms with E-state index in [4.69, 9.17) is 9.47 Å². The van der Waals surface area contributed by atoms with Gasteiger partial charge in [-0.25, -0.2) is 9.18 Å². The summed E-state index contributed by atoms with van der Waals surface area (Å²) in [6.45, 7) is 1.78. The van der Waals surface area contributed by atoms with Crippen molar-refractivity contribution in [3.8, 4) is 11.5 Å². The molecular formula is C24H30FN3O4. The molecule has 1 fully saturated rings. The van der Waals surface area contributed by atoms with Crippen LogP contribution in [-0.4, -0.2) is 50.7 Å². The number of halogens is 1. The first kappa shape index (κ1) is 23.4. The summed E-state index contributed by atoms with van der Waals surface area (Å²) >= 11 is 0. The zero-order valence-electron chi connectivity index (χ0n) is 18.5. The Kier molecular flexibility index (Phi) is 8.30. The number of anilines is 1. The molecule has 172 valence electrons. The second kappa shape index (κ2) is 11.4. The number of nitrogens with zero attached hydrogens (tertiary/aromatic N) is 1. The van der Waals surface area contributed by atoms with Crippen LogP contribution >= 0.6 is 0 Å². The Morgan fingerprint density at radius 2 is 2.00 bits per heavy atom. The van der Waals surface area contributed by atoms with Crippen molar-refractivity contribution in [2.45, 2.75) is 25.7 Å². The number of carbonyl (C=O) groups is 2. The maximum atomic E-state index is 13.2. The third kappa shape index (κ3) is 6.60. The summed E-state index contributed by atoms with van der Waals surface area (Å²) in [5.74, 6) is 1.33. The first-order valence-corrected chi connectivity index (χ1v) is 10.8. The number of carbonyl (C=O) groups excluding carboxylic acids is 2. The lowest BCUT2D eigenvalue weighted by atomic mass is 9.97. The lowest BCUT2D eigenvalue weighted by Crippen LogP contribution is -2.44. The van der Waals surface area contributed by atoms with E-state index < -0.39 is 5.82 Å². The topological polar surface area (TPSA) is 79.9 Å². The van der Waals surface area contributed by atoms with Crippen LogP contribution < -0.4 is 20.1 Å². The quantitative estimate of drug-likeness (QED) is 0.650. The molecule has 2 aromatic carbocycles. The number of benzene rings is 2. The predicted molar refractivity (Wildman–Crippen MR) is 121 cm³/mol. The Morgan fingerprint density at radius 1 is 1.16 bits per heavy atom. The molecule has 3 amide bonds. The average molecular weight is 444 g/mol. The maximum absolute atomic E-state index is 13.2. The number of piperidine rings is 1. The standard InChI is InChI=1S/C24H30FN3O4/c1-31-21-9-10-22(32-2)18(13-21)8-11-23(29)28-12-4-5-17(16-28)15-26-24(30)27-20-7-3-6-19(25)14-20/h3,6-7,9-10,13-14,17H,4-5,8,11-12,15-16H2,1-2H3,(H2,26,27,30). The van der Waals surface area contributed by atoms with E-state index in [9.17, 15) is 14.0 Å². The van der Waals surface area contributed by atoms with E-state index in [-0.39, 0.29) is 17.9 Å². The Morgan fingerprint density at radius 3 is 2.75 bits per heavy atom. The number of hydrogen-bond donors (Lipinski definition) is 2. The summed E-state index contributed by atoms with van der Waals surface area (Å²) in [6, 6.07) is 10.9. The summed E-state index contributed by atoms with van der Waals surface area (Å²) in [6.07, 6.45) is 2.78.